The Morgan fingerprint density at radius 2 is 1.84 bits per heavy atom. The van der Waals surface area contributed by atoms with Crippen molar-refractivity contribution < 1.29 is 8.42 Å². The van der Waals surface area contributed by atoms with E-state index >= 15 is 0 Å². The largest absolute Gasteiger partial charge is 0.255 e. The molecule has 0 fully saturated rings. The number of benzene rings is 1. The molecule has 0 saturated heterocycles. The van der Waals surface area contributed by atoms with Gasteiger partial charge < -0.3 is 0 Å². The molecule has 0 saturated carbocycles. The Balaban J connectivity index is 2.67. The number of nitrogens with zero attached hydrogens (tertiary/aromatic N) is 1. The van der Waals surface area contributed by atoms with Crippen LogP contribution < -0.4 is 4.72 Å². The summed E-state index contributed by atoms with van der Waals surface area (Å²) < 4.78 is 27.5. The van der Waals surface area contributed by atoms with Gasteiger partial charge in [0.1, 0.15) is 4.90 Å². The van der Waals surface area contributed by atoms with Crippen LogP contribution in [-0.2, 0) is 10.0 Å². The zero-order chi connectivity index (χ0) is 14.3. The second-order valence-corrected chi connectivity index (χ2v) is 7.29. The van der Waals surface area contributed by atoms with Gasteiger partial charge in [0, 0.05) is 17.1 Å². The molecular formula is C14H18N2O2S. The first-order valence-electron chi connectivity index (χ1n) is 6.09. The highest BCUT2D eigenvalue weighted by molar-refractivity contribution is 7.89. The average molecular weight is 278 g/mol. The van der Waals surface area contributed by atoms with Gasteiger partial charge in [-0.05, 0) is 45.4 Å². The van der Waals surface area contributed by atoms with Crippen LogP contribution in [0.5, 0.6) is 0 Å². The summed E-state index contributed by atoms with van der Waals surface area (Å²) in [7, 11) is -3.57. The van der Waals surface area contributed by atoms with Gasteiger partial charge in [-0.1, -0.05) is 12.1 Å². The minimum atomic E-state index is -3.57. The van der Waals surface area contributed by atoms with Crippen molar-refractivity contribution in [3.63, 3.8) is 0 Å². The van der Waals surface area contributed by atoms with Gasteiger partial charge >= 0.3 is 0 Å². The molecule has 0 aliphatic heterocycles. The summed E-state index contributed by atoms with van der Waals surface area (Å²) in [5.41, 5.74) is 1.00. The van der Waals surface area contributed by atoms with Crippen molar-refractivity contribution in [3.05, 3.63) is 36.0 Å². The predicted molar refractivity (Wildman–Crippen MR) is 76.6 cm³/mol. The number of aryl methyl sites for hydroxylation is 1. The second kappa shape index (κ2) is 4.58. The van der Waals surface area contributed by atoms with Gasteiger partial charge in [-0.3, -0.25) is 4.98 Å². The molecular weight excluding hydrogens is 260 g/mol. The summed E-state index contributed by atoms with van der Waals surface area (Å²) in [4.78, 5) is 4.44. The highest BCUT2D eigenvalue weighted by Crippen LogP contribution is 2.24. The molecule has 0 aliphatic rings. The van der Waals surface area contributed by atoms with Crippen LogP contribution in [0.3, 0.4) is 0 Å². The van der Waals surface area contributed by atoms with E-state index in [0.29, 0.717) is 5.52 Å². The summed E-state index contributed by atoms with van der Waals surface area (Å²) in [5, 5.41) is 0.860. The molecule has 5 heteroatoms. The first-order chi connectivity index (χ1) is 8.71. The molecule has 1 N–H and O–H groups in total. The number of hydrogen-bond acceptors (Lipinski definition) is 3. The van der Waals surface area contributed by atoms with Crippen molar-refractivity contribution >= 4 is 20.9 Å². The van der Waals surface area contributed by atoms with Crippen molar-refractivity contribution in [2.75, 3.05) is 0 Å². The number of nitrogens with one attached hydrogen (secondary N) is 1. The van der Waals surface area contributed by atoms with E-state index < -0.39 is 15.6 Å². The molecule has 0 bridgehead atoms. The molecule has 0 aliphatic carbocycles. The second-order valence-electron chi connectivity index (χ2n) is 5.64. The first-order valence-corrected chi connectivity index (χ1v) is 7.57. The van der Waals surface area contributed by atoms with E-state index in [1.165, 1.54) is 0 Å². The Morgan fingerprint density at radius 3 is 2.47 bits per heavy atom. The van der Waals surface area contributed by atoms with E-state index in [1.807, 2.05) is 39.8 Å². The molecule has 0 unspecified atom stereocenters. The Labute approximate surface area is 113 Å². The summed E-state index contributed by atoms with van der Waals surface area (Å²) >= 11 is 0. The van der Waals surface area contributed by atoms with Gasteiger partial charge in [0.25, 0.3) is 0 Å². The lowest BCUT2D eigenvalue weighted by molar-refractivity contribution is 0.492. The smallest absolute Gasteiger partial charge is 0.243 e. The number of hydrogen-bond donors (Lipinski definition) is 1. The zero-order valence-electron chi connectivity index (χ0n) is 11.6. The summed E-state index contributed by atoms with van der Waals surface area (Å²) in [6.07, 6.45) is 1.61. The van der Waals surface area contributed by atoms with Crippen LogP contribution >= 0.6 is 0 Å². The number of sulfonamides is 1. The van der Waals surface area contributed by atoms with Crippen LogP contribution in [-0.4, -0.2) is 18.9 Å². The maximum absolute atomic E-state index is 12.4. The zero-order valence-corrected chi connectivity index (χ0v) is 12.4. The van der Waals surface area contributed by atoms with Crippen molar-refractivity contribution in [2.24, 2.45) is 0 Å². The van der Waals surface area contributed by atoms with Crippen LogP contribution in [0.4, 0.5) is 0 Å². The number of aromatic nitrogens is 1. The monoisotopic (exact) mass is 278 g/mol. The SMILES string of the molecule is Cc1ccc(S(=O)(=O)NC(C)(C)C)c2ncccc12. The molecule has 2 rings (SSSR count). The Kier molecular flexibility index (Phi) is 3.36. The van der Waals surface area contributed by atoms with Crippen LogP contribution in [0.1, 0.15) is 26.3 Å². The molecule has 0 amide bonds. The number of rotatable bonds is 2. The van der Waals surface area contributed by atoms with E-state index in [9.17, 15) is 8.42 Å². The van der Waals surface area contributed by atoms with Crippen molar-refractivity contribution in [1.82, 2.24) is 9.71 Å². The van der Waals surface area contributed by atoms with E-state index in [-0.39, 0.29) is 4.90 Å². The van der Waals surface area contributed by atoms with Gasteiger partial charge in [-0.15, -0.1) is 0 Å². The highest BCUT2D eigenvalue weighted by Gasteiger charge is 2.24. The molecule has 1 aromatic heterocycles. The fraction of sp³-hybridized carbons (Fsp3) is 0.357. The molecule has 1 heterocycles. The maximum atomic E-state index is 12.4. The molecule has 4 nitrogen and oxygen atoms in total. The fourth-order valence-corrected chi connectivity index (χ4v) is 3.54. The van der Waals surface area contributed by atoms with E-state index in [1.54, 1.807) is 18.3 Å². The van der Waals surface area contributed by atoms with Gasteiger partial charge in [0.2, 0.25) is 10.0 Å². The topological polar surface area (TPSA) is 59.1 Å². The summed E-state index contributed by atoms with van der Waals surface area (Å²) in [5.74, 6) is 0. The van der Waals surface area contributed by atoms with E-state index in [0.717, 1.165) is 10.9 Å². The van der Waals surface area contributed by atoms with Crippen LogP contribution in [0, 0.1) is 6.92 Å². The molecule has 102 valence electrons. The Hall–Kier alpha value is -1.46. The molecule has 0 radical (unpaired) electrons. The average Bonchev–Trinajstić information content (AvgIpc) is 2.26. The summed E-state index contributed by atoms with van der Waals surface area (Å²) in [6.45, 7) is 7.38. The lowest BCUT2D eigenvalue weighted by atomic mass is 10.1. The van der Waals surface area contributed by atoms with Gasteiger partial charge in [-0.2, -0.15) is 0 Å². The molecule has 2 aromatic rings. The van der Waals surface area contributed by atoms with Crippen LogP contribution in [0.2, 0.25) is 0 Å². The van der Waals surface area contributed by atoms with Gasteiger partial charge in [0.05, 0.1) is 5.52 Å². The third-order valence-corrected chi connectivity index (χ3v) is 4.47. The first kappa shape index (κ1) is 14.0. The Morgan fingerprint density at radius 1 is 1.16 bits per heavy atom. The van der Waals surface area contributed by atoms with Crippen LogP contribution in [0.15, 0.2) is 35.4 Å². The standard InChI is InChI=1S/C14H18N2O2S/c1-10-7-8-12(13-11(10)6-5-9-15-13)19(17,18)16-14(2,3)4/h5-9,16H,1-4H3. The van der Waals surface area contributed by atoms with Gasteiger partial charge in [-0.25, -0.2) is 13.1 Å². The highest BCUT2D eigenvalue weighted by atomic mass is 32.2. The third kappa shape index (κ3) is 2.93. The van der Waals surface area contributed by atoms with E-state index in [4.69, 9.17) is 0 Å². The lowest BCUT2D eigenvalue weighted by Gasteiger charge is -2.21. The molecule has 0 spiro atoms. The van der Waals surface area contributed by atoms with E-state index in [2.05, 4.69) is 9.71 Å². The molecule has 19 heavy (non-hydrogen) atoms. The third-order valence-electron chi connectivity index (χ3n) is 2.68. The van der Waals surface area contributed by atoms with Crippen molar-refractivity contribution in [1.29, 1.82) is 0 Å². The number of fused-ring (bicyclic) bond motifs is 1. The molecule has 1 aromatic carbocycles. The minimum Gasteiger partial charge on any atom is -0.255 e. The van der Waals surface area contributed by atoms with Crippen LogP contribution in [0.25, 0.3) is 10.9 Å². The number of pyridine rings is 1. The quantitative estimate of drug-likeness (QED) is 0.918. The minimum absolute atomic E-state index is 0.226. The Bertz CT molecular complexity index is 716. The predicted octanol–water partition coefficient (Wildman–Crippen LogP) is 2.62. The summed E-state index contributed by atoms with van der Waals surface area (Å²) in [6, 6.07) is 7.11. The lowest BCUT2D eigenvalue weighted by Crippen LogP contribution is -2.40. The maximum Gasteiger partial charge on any atom is 0.243 e. The van der Waals surface area contributed by atoms with Gasteiger partial charge in [0.15, 0.2) is 0 Å². The molecule has 0 atom stereocenters. The van der Waals surface area contributed by atoms with Crippen molar-refractivity contribution in [2.45, 2.75) is 38.1 Å². The normalized spacial score (nSPS) is 12.8. The van der Waals surface area contributed by atoms with Crippen molar-refractivity contribution in [3.8, 4) is 0 Å². The fourth-order valence-electron chi connectivity index (χ4n) is 1.96.